The number of nitrogens with one attached hydrogen (secondary N) is 3. The molecule has 0 spiro atoms. The summed E-state index contributed by atoms with van der Waals surface area (Å²) in [6.07, 6.45) is 0.713. The van der Waals surface area contributed by atoms with Gasteiger partial charge in [0.25, 0.3) is 5.91 Å². The van der Waals surface area contributed by atoms with Crippen molar-refractivity contribution in [2.24, 2.45) is 0 Å². The number of amides is 1. The van der Waals surface area contributed by atoms with E-state index in [0.29, 0.717) is 13.0 Å². The molecule has 1 aliphatic heterocycles. The summed E-state index contributed by atoms with van der Waals surface area (Å²) in [6, 6.07) is 12.7. The van der Waals surface area contributed by atoms with Gasteiger partial charge in [0.05, 0.1) is 7.11 Å². The molecule has 0 aromatic heterocycles. The molecule has 1 aliphatic rings. The zero-order valence-corrected chi connectivity index (χ0v) is 18.3. The van der Waals surface area contributed by atoms with Gasteiger partial charge in [0.15, 0.2) is 6.04 Å². The van der Waals surface area contributed by atoms with Crippen molar-refractivity contribution in [3.63, 3.8) is 0 Å². The SMILES string of the molecule is COc1ccc(C)cc1C[NH+]1CC[NH+]([C@@H](C)C(=O)NCCc2ccc(F)cc2)CC1. The van der Waals surface area contributed by atoms with Gasteiger partial charge in [0, 0.05) is 12.1 Å². The molecule has 2 aromatic rings. The molecule has 6 heteroatoms. The van der Waals surface area contributed by atoms with Crippen LogP contribution in [0.1, 0.15) is 23.6 Å². The fourth-order valence-electron chi connectivity index (χ4n) is 4.17. The maximum atomic E-state index is 13.0. The molecule has 162 valence electrons. The summed E-state index contributed by atoms with van der Waals surface area (Å²) in [5.74, 6) is 0.815. The van der Waals surface area contributed by atoms with Crippen LogP contribution in [0.3, 0.4) is 0 Å². The van der Waals surface area contributed by atoms with Gasteiger partial charge in [-0.15, -0.1) is 0 Å². The minimum Gasteiger partial charge on any atom is -0.496 e. The van der Waals surface area contributed by atoms with Crippen LogP contribution in [0, 0.1) is 12.7 Å². The number of rotatable bonds is 8. The number of benzene rings is 2. The van der Waals surface area contributed by atoms with Gasteiger partial charge >= 0.3 is 0 Å². The van der Waals surface area contributed by atoms with Crippen molar-refractivity contribution < 1.29 is 23.7 Å². The van der Waals surface area contributed by atoms with Crippen molar-refractivity contribution >= 4 is 5.91 Å². The molecule has 3 N–H and O–H groups in total. The van der Waals surface area contributed by atoms with Gasteiger partial charge in [-0.05, 0) is 50.1 Å². The van der Waals surface area contributed by atoms with Gasteiger partial charge in [0.1, 0.15) is 44.3 Å². The first-order valence-electron chi connectivity index (χ1n) is 10.8. The zero-order chi connectivity index (χ0) is 21.5. The van der Waals surface area contributed by atoms with Crippen LogP contribution >= 0.6 is 0 Å². The molecule has 1 saturated heterocycles. The first-order chi connectivity index (χ1) is 14.5. The van der Waals surface area contributed by atoms with E-state index in [2.05, 4.69) is 24.4 Å². The average molecular weight is 416 g/mol. The third-order valence-corrected chi connectivity index (χ3v) is 6.11. The van der Waals surface area contributed by atoms with Crippen LogP contribution < -0.4 is 19.9 Å². The maximum absolute atomic E-state index is 13.0. The monoisotopic (exact) mass is 415 g/mol. The predicted molar refractivity (Wildman–Crippen MR) is 115 cm³/mol. The second kappa shape index (κ2) is 10.5. The Kier molecular flexibility index (Phi) is 7.82. The highest BCUT2D eigenvalue weighted by atomic mass is 19.1. The largest absolute Gasteiger partial charge is 0.496 e. The van der Waals surface area contributed by atoms with Crippen molar-refractivity contribution in [2.45, 2.75) is 32.9 Å². The lowest BCUT2D eigenvalue weighted by molar-refractivity contribution is -1.02. The van der Waals surface area contributed by atoms with Crippen LogP contribution in [0.5, 0.6) is 5.75 Å². The number of carbonyl (C=O) groups excluding carboxylic acids is 1. The van der Waals surface area contributed by atoms with E-state index in [4.69, 9.17) is 4.74 Å². The highest BCUT2D eigenvalue weighted by Gasteiger charge is 2.31. The van der Waals surface area contributed by atoms with Gasteiger partial charge in [-0.3, -0.25) is 4.79 Å². The molecular weight excluding hydrogens is 381 g/mol. The molecule has 1 amide bonds. The van der Waals surface area contributed by atoms with Gasteiger partial charge in [0.2, 0.25) is 0 Å². The Hall–Kier alpha value is -2.44. The summed E-state index contributed by atoms with van der Waals surface area (Å²) >= 11 is 0. The summed E-state index contributed by atoms with van der Waals surface area (Å²) in [5, 5.41) is 3.04. The van der Waals surface area contributed by atoms with E-state index in [1.165, 1.54) is 33.1 Å². The zero-order valence-electron chi connectivity index (χ0n) is 18.3. The molecule has 0 unspecified atom stereocenters. The smallest absolute Gasteiger partial charge is 0.278 e. The number of methoxy groups -OCH3 is 1. The fraction of sp³-hybridized carbons (Fsp3) is 0.458. The van der Waals surface area contributed by atoms with Crippen LogP contribution in [0.25, 0.3) is 0 Å². The minimum absolute atomic E-state index is 0.0618. The Morgan fingerprint density at radius 3 is 2.50 bits per heavy atom. The lowest BCUT2D eigenvalue weighted by Gasteiger charge is -2.32. The predicted octanol–water partition coefficient (Wildman–Crippen LogP) is 0.174. The molecule has 2 aromatic carbocycles. The second-order valence-corrected chi connectivity index (χ2v) is 8.29. The summed E-state index contributed by atoms with van der Waals surface area (Å²) in [4.78, 5) is 15.4. The molecule has 0 saturated carbocycles. The molecule has 1 heterocycles. The number of halogens is 1. The van der Waals surface area contributed by atoms with Crippen molar-refractivity contribution in [1.82, 2.24) is 5.32 Å². The van der Waals surface area contributed by atoms with E-state index < -0.39 is 0 Å². The number of piperazine rings is 1. The summed E-state index contributed by atoms with van der Waals surface area (Å²) in [5.41, 5.74) is 3.53. The van der Waals surface area contributed by atoms with E-state index in [9.17, 15) is 9.18 Å². The topological polar surface area (TPSA) is 47.2 Å². The lowest BCUT2D eigenvalue weighted by atomic mass is 10.1. The van der Waals surface area contributed by atoms with Crippen molar-refractivity contribution in [3.05, 3.63) is 65.0 Å². The van der Waals surface area contributed by atoms with Crippen molar-refractivity contribution in [3.8, 4) is 5.75 Å². The number of carbonyl (C=O) groups is 1. The number of hydrogen-bond acceptors (Lipinski definition) is 2. The van der Waals surface area contributed by atoms with Crippen LogP contribution in [0.2, 0.25) is 0 Å². The van der Waals surface area contributed by atoms with Crippen LogP contribution in [-0.4, -0.2) is 51.8 Å². The third kappa shape index (κ3) is 6.03. The van der Waals surface area contributed by atoms with Crippen molar-refractivity contribution in [1.29, 1.82) is 0 Å². The molecule has 1 atom stereocenters. The van der Waals surface area contributed by atoms with E-state index >= 15 is 0 Å². The molecule has 0 radical (unpaired) electrons. The number of quaternary nitrogens is 2. The Balaban J connectivity index is 1.43. The van der Waals surface area contributed by atoms with Crippen LogP contribution in [0.15, 0.2) is 42.5 Å². The van der Waals surface area contributed by atoms with E-state index in [0.717, 1.165) is 44.0 Å². The summed E-state index contributed by atoms with van der Waals surface area (Å²) in [7, 11) is 1.72. The number of hydrogen-bond donors (Lipinski definition) is 3. The Bertz CT molecular complexity index is 833. The normalized spacial score (nSPS) is 19.9. The lowest BCUT2D eigenvalue weighted by Crippen LogP contribution is -3.29. The highest BCUT2D eigenvalue weighted by molar-refractivity contribution is 5.79. The third-order valence-electron chi connectivity index (χ3n) is 6.11. The van der Waals surface area contributed by atoms with Gasteiger partial charge < -0.3 is 19.9 Å². The molecule has 0 bridgehead atoms. The first kappa shape index (κ1) is 22.2. The fourth-order valence-corrected chi connectivity index (χ4v) is 4.17. The Morgan fingerprint density at radius 1 is 1.13 bits per heavy atom. The van der Waals surface area contributed by atoms with E-state index in [1.54, 1.807) is 19.2 Å². The molecular formula is C24H34FN3O2+2. The van der Waals surface area contributed by atoms with Gasteiger partial charge in [-0.2, -0.15) is 0 Å². The molecule has 5 nitrogen and oxygen atoms in total. The highest BCUT2D eigenvalue weighted by Crippen LogP contribution is 2.18. The molecule has 3 rings (SSSR count). The first-order valence-corrected chi connectivity index (χ1v) is 10.8. The number of aryl methyl sites for hydroxylation is 1. The summed E-state index contributed by atoms with van der Waals surface area (Å²) in [6.45, 7) is 9.70. The molecule has 0 aliphatic carbocycles. The van der Waals surface area contributed by atoms with Crippen LogP contribution in [0.4, 0.5) is 4.39 Å². The minimum atomic E-state index is -0.234. The standard InChI is InChI=1S/C24H32FN3O2/c1-18-4-9-23(30-3)21(16-18)17-27-12-14-28(15-13-27)19(2)24(29)26-11-10-20-5-7-22(25)8-6-20/h4-9,16,19H,10-15,17H2,1-3H3,(H,26,29)/p+2/t19-/m0/s1. The maximum Gasteiger partial charge on any atom is 0.278 e. The molecule has 1 fully saturated rings. The summed E-state index contributed by atoms with van der Waals surface area (Å²) < 4.78 is 18.5. The number of ether oxygens (including phenoxy) is 1. The van der Waals surface area contributed by atoms with E-state index in [-0.39, 0.29) is 17.8 Å². The van der Waals surface area contributed by atoms with E-state index in [1.807, 2.05) is 13.0 Å². The Morgan fingerprint density at radius 2 is 1.83 bits per heavy atom. The van der Waals surface area contributed by atoms with Gasteiger partial charge in [-0.1, -0.05) is 23.8 Å². The van der Waals surface area contributed by atoms with Crippen molar-refractivity contribution in [2.75, 3.05) is 39.8 Å². The quantitative estimate of drug-likeness (QED) is 0.576. The van der Waals surface area contributed by atoms with Crippen LogP contribution in [-0.2, 0) is 17.8 Å². The van der Waals surface area contributed by atoms with Gasteiger partial charge in [-0.25, -0.2) is 4.39 Å². The second-order valence-electron chi connectivity index (χ2n) is 8.29. The Labute approximate surface area is 178 Å². The average Bonchev–Trinajstić information content (AvgIpc) is 2.75. The molecule has 30 heavy (non-hydrogen) atoms.